The van der Waals surface area contributed by atoms with Crippen molar-refractivity contribution in [3.63, 3.8) is 0 Å². The summed E-state index contributed by atoms with van der Waals surface area (Å²) in [6, 6.07) is 6.99. The number of aryl methyl sites for hydroxylation is 1. The Morgan fingerprint density at radius 2 is 2.12 bits per heavy atom. The Balaban J connectivity index is 2.20. The highest BCUT2D eigenvalue weighted by Crippen LogP contribution is 2.31. The van der Waals surface area contributed by atoms with Crippen LogP contribution in [0, 0.1) is 6.92 Å². The number of unbranched alkanes of at least 4 members (excludes halogenated alkanes) is 1. The maximum absolute atomic E-state index is 12.6. The van der Waals surface area contributed by atoms with Gasteiger partial charge in [-0.3, -0.25) is 4.79 Å². The average Bonchev–Trinajstić information content (AvgIpc) is 2.62. The lowest BCUT2D eigenvalue weighted by molar-refractivity contribution is 0.102. The van der Waals surface area contributed by atoms with E-state index in [0.29, 0.717) is 22.0 Å². The minimum atomic E-state index is -0.215. The van der Waals surface area contributed by atoms with Crippen molar-refractivity contribution in [3.8, 4) is 5.75 Å². The third-order valence-corrected chi connectivity index (χ3v) is 4.38. The second-order valence-corrected chi connectivity index (χ2v) is 6.34. The minimum absolute atomic E-state index is 0.215. The largest absolute Gasteiger partial charge is 0.495 e. The number of carbonyl (C=O) groups excluding carboxylic acids is 1. The summed E-state index contributed by atoms with van der Waals surface area (Å²) in [5.41, 5.74) is 2.00. The van der Waals surface area contributed by atoms with Crippen LogP contribution in [0.3, 0.4) is 0 Å². The summed E-state index contributed by atoms with van der Waals surface area (Å²) in [6.45, 7) is 4.93. The van der Waals surface area contributed by atoms with Crippen LogP contribution in [0.4, 0.5) is 11.5 Å². The zero-order valence-corrected chi connectivity index (χ0v) is 15.9. The molecule has 0 saturated heterocycles. The monoisotopic (exact) mass is 361 g/mol. The van der Waals surface area contributed by atoms with Crippen LogP contribution in [-0.4, -0.2) is 31.6 Å². The van der Waals surface area contributed by atoms with Gasteiger partial charge < -0.3 is 15.0 Å². The molecular weight excluding hydrogens is 338 g/mol. The third-order valence-electron chi connectivity index (χ3n) is 3.97. The van der Waals surface area contributed by atoms with Gasteiger partial charge in [0, 0.05) is 36.4 Å². The molecule has 1 N–H and O–H groups in total. The van der Waals surface area contributed by atoms with Crippen molar-refractivity contribution in [3.05, 3.63) is 46.6 Å². The number of halogens is 1. The molecule has 1 aromatic heterocycles. The van der Waals surface area contributed by atoms with Crippen LogP contribution >= 0.6 is 11.6 Å². The smallest absolute Gasteiger partial charge is 0.255 e. The van der Waals surface area contributed by atoms with Gasteiger partial charge in [0.1, 0.15) is 11.6 Å². The van der Waals surface area contributed by atoms with E-state index in [1.165, 1.54) is 0 Å². The normalized spacial score (nSPS) is 10.4. The summed E-state index contributed by atoms with van der Waals surface area (Å²) in [5, 5.41) is 3.48. The molecule has 0 bridgehead atoms. The molecule has 0 atom stereocenters. The molecule has 0 saturated carbocycles. The van der Waals surface area contributed by atoms with E-state index in [0.717, 1.165) is 30.8 Å². The molecule has 0 aliphatic heterocycles. The molecule has 134 valence electrons. The van der Waals surface area contributed by atoms with Gasteiger partial charge in [-0.2, -0.15) is 0 Å². The van der Waals surface area contributed by atoms with Gasteiger partial charge in [0.25, 0.3) is 5.91 Å². The number of aromatic nitrogens is 1. The van der Waals surface area contributed by atoms with Gasteiger partial charge in [0.2, 0.25) is 0 Å². The molecule has 0 fully saturated rings. The number of nitrogens with zero attached hydrogens (tertiary/aromatic N) is 2. The third kappa shape index (κ3) is 4.86. The molecule has 0 aliphatic carbocycles. The Morgan fingerprint density at radius 3 is 2.80 bits per heavy atom. The Morgan fingerprint density at radius 1 is 1.36 bits per heavy atom. The van der Waals surface area contributed by atoms with Crippen molar-refractivity contribution in [2.45, 2.75) is 26.7 Å². The summed E-state index contributed by atoms with van der Waals surface area (Å²) in [5.74, 6) is 1.09. The number of rotatable bonds is 7. The van der Waals surface area contributed by atoms with E-state index >= 15 is 0 Å². The zero-order chi connectivity index (χ0) is 18.4. The van der Waals surface area contributed by atoms with Gasteiger partial charge in [-0.05, 0) is 37.1 Å². The minimum Gasteiger partial charge on any atom is -0.495 e. The Hall–Kier alpha value is -2.27. The van der Waals surface area contributed by atoms with Crippen LogP contribution < -0.4 is 15.0 Å². The fourth-order valence-electron chi connectivity index (χ4n) is 2.40. The van der Waals surface area contributed by atoms with E-state index in [-0.39, 0.29) is 5.91 Å². The fourth-order valence-corrected chi connectivity index (χ4v) is 2.56. The lowest BCUT2D eigenvalue weighted by Gasteiger charge is -2.18. The second-order valence-electron chi connectivity index (χ2n) is 5.93. The standard InChI is InChI=1S/C19H24ClN3O2/c1-5-6-9-23(3)18-11-14(7-8-21-18)19(24)22-16-10-13(2)15(20)12-17(16)25-4/h7-8,10-12H,5-6,9H2,1-4H3,(H,22,24). The number of ether oxygens (including phenoxy) is 1. The molecule has 0 aliphatic rings. The average molecular weight is 362 g/mol. The first-order valence-corrected chi connectivity index (χ1v) is 8.66. The Kier molecular flexibility index (Phi) is 6.65. The van der Waals surface area contributed by atoms with Gasteiger partial charge in [-0.25, -0.2) is 4.98 Å². The molecule has 0 radical (unpaired) electrons. The summed E-state index contributed by atoms with van der Waals surface area (Å²) in [4.78, 5) is 19.0. The van der Waals surface area contributed by atoms with Gasteiger partial charge in [0.05, 0.1) is 12.8 Å². The topological polar surface area (TPSA) is 54.5 Å². The van der Waals surface area contributed by atoms with Crippen molar-refractivity contribution in [2.75, 3.05) is 30.9 Å². The first-order valence-electron chi connectivity index (χ1n) is 8.29. The van der Waals surface area contributed by atoms with Gasteiger partial charge in [-0.15, -0.1) is 0 Å². The van der Waals surface area contributed by atoms with Crippen molar-refractivity contribution in [1.82, 2.24) is 4.98 Å². The number of anilines is 2. The van der Waals surface area contributed by atoms with Gasteiger partial charge in [0.15, 0.2) is 0 Å². The van der Waals surface area contributed by atoms with E-state index in [4.69, 9.17) is 16.3 Å². The zero-order valence-electron chi connectivity index (χ0n) is 15.1. The molecule has 2 rings (SSSR count). The summed E-state index contributed by atoms with van der Waals surface area (Å²) < 4.78 is 5.30. The fraction of sp³-hybridized carbons (Fsp3) is 0.368. The molecule has 2 aromatic rings. The van der Waals surface area contributed by atoms with Crippen LogP contribution in [0.15, 0.2) is 30.5 Å². The van der Waals surface area contributed by atoms with Crippen LogP contribution in [0.1, 0.15) is 35.7 Å². The van der Waals surface area contributed by atoms with E-state index < -0.39 is 0 Å². The molecule has 1 heterocycles. The highest BCUT2D eigenvalue weighted by Gasteiger charge is 2.13. The lowest BCUT2D eigenvalue weighted by atomic mass is 10.2. The number of nitrogens with one attached hydrogen (secondary N) is 1. The summed E-state index contributed by atoms with van der Waals surface area (Å²) in [7, 11) is 3.52. The number of methoxy groups -OCH3 is 1. The second kappa shape index (κ2) is 8.72. The van der Waals surface area contributed by atoms with Crippen molar-refractivity contribution in [1.29, 1.82) is 0 Å². The van der Waals surface area contributed by atoms with Crippen LogP contribution in [0.5, 0.6) is 5.75 Å². The molecule has 25 heavy (non-hydrogen) atoms. The Labute approximate surface area is 154 Å². The molecular formula is C19H24ClN3O2. The maximum atomic E-state index is 12.6. The number of amides is 1. The predicted molar refractivity (Wildman–Crippen MR) is 103 cm³/mol. The molecule has 1 aromatic carbocycles. The molecule has 0 unspecified atom stereocenters. The predicted octanol–water partition coefficient (Wildman–Crippen LogP) is 4.54. The summed E-state index contributed by atoms with van der Waals surface area (Å²) >= 11 is 6.11. The van der Waals surface area contributed by atoms with Crippen molar-refractivity contribution >= 4 is 29.0 Å². The number of hydrogen-bond acceptors (Lipinski definition) is 4. The van der Waals surface area contributed by atoms with E-state index in [1.54, 1.807) is 37.6 Å². The first-order chi connectivity index (χ1) is 12.0. The number of pyridine rings is 1. The number of carbonyl (C=O) groups is 1. The molecule has 1 amide bonds. The number of benzene rings is 1. The van der Waals surface area contributed by atoms with Crippen LogP contribution in [0.25, 0.3) is 0 Å². The highest BCUT2D eigenvalue weighted by molar-refractivity contribution is 6.31. The number of hydrogen-bond donors (Lipinski definition) is 1. The first kappa shape index (κ1) is 19.1. The van der Waals surface area contributed by atoms with Crippen molar-refractivity contribution < 1.29 is 9.53 Å². The maximum Gasteiger partial charge on any atom is 0.255 e. The molecule has 0 spiro atoms. The highest BCUT2D eigenvalue weighted by atomic mass is 35.5. The van der Waals surface area contributed by atoms with E-state index in [2.05, 4.69) is 17.2 Å². The van der Waals surface area contributed by atoms with Crippen molar-refractivity contribution in [2.24, 2.45) is 0 Å². The Bertz CT molecular complexity index is 749. The molecule has 6 heteroatoms. The van der Waals surface area contributed by atoms with Crippen LogP contribution in [-0.2, 0) is 0 Å². The van der Waals surface area contributed by atoms with E-state index in [1.807, 2.05) is 18.9 Å². The quantitative estimate of drug-likeness (QED) is 0.786. The van der Waals surface area contributed by atoms with Crippen LogP contribution in [0.2, 0.25) is 5.02 Å². The molecule has 5 nitrogen and oxygen atoms in total. The SMILES string of the molecule is CCCCN(C)c1cc(C(=O)Nc2cc(C)c(Cl)cc2OC)ccn1. The van der Waals surface area contributed by atoms with Gasteiger partial charge in [-0.1, -0.05) is 24.9 Å². The van der Waals surface area contributed by atoms with E-state index in [9.17, 15) is 4.79 Å². The summed E-state index contributed by atoms with van der Waals surface area (Å²) in [6.07, 6.45) is 3.84. The lowest BCUT2D eigenvalue weighted by Crippen LogP contribution is -2.20. The van der Waals surface area contributed by atoms with Gasteiger partial charge >= 0.3 is 0 Å².